The fourth-order valence-electron chi connectivity index (χ4n) is 0. The summed E-state index contributed by atoms with van der Waals surface area (Å²) in [6.45, 7) is -0.250. The number of carboxylic acid groups (broad SMARTS) is 1. The second-order valence-electron chi connectivity index (χ2n) is 0.105. The van der Waals surface area contributed by atoms with Crippen molar-refractivity contribution in [1.82, 2.24) is 0 Å². The molecule has 0 amide bonds. The molecule has 0 aliphatic carbocycles. The molecule has 5 heteroatoms. The van der Waals surface area contributed by atoms with Gasteiger partial charge in [0.2, 0.25) is 0 Å². The van der Waals surface area contributed by atoms with Gasteiger partial charge in [0.1, 0.15) is 0 Å². The fourth-order valence-corrected chi connectivity index (χ4v) is 0. The molecule has 0 spiro atoms. The third kappa shape index (κ3) is 73.5. The van der Waals surface area contributed by atoms with Crippen LogP contribution in [0.1, 0.15) is 0 Å². The van der Waals surface area contributed by atoms with Crippen LogP contribution in [0.15, 0.2) is 0 Å². The van der Waals surface area contributed by atoms with Gasteiger partial charge in [-0.15, -0.1) is 0 Å². The van der Waals surface area contributed by atoms with Crippen LogP contribution in [0.2, 0.25) is 0 Å². The first-order valence-corrected chi connectivity index (χ1v) is 0.494. The van der Waals surface area contributed by atoms with E-state index < -0.39 is 0 Å². The predicted molar refractivity (Wildman–Crippen MR) is 19.8 cm³/mol. The minimum atomic E-state index is -0.250. The van der Waals surface area contributed by atoms with Gasteiger partial charge in [-0.05, 0) is 0 Å². The molecule has 1 radical (unpaired) electrons. The van der Waals surface area contributed by atoms with E-state index in [0.29, 0.717) is 0 Å². The molecular formula is CH5CoO2PPd. The number of carbonyl (C=O) groups is 1. The van der Waals surface area contributed by atoms with Crippen molar-refractivity contribution in [2.75, 3.05) is 0 Å². The van der Waals surface area contributed by atoms with E-state index in [1.165, 1.54) is 0 Å². The Balaban J connectivity index is -0.00000000667. The summed E-state index contributed by atoms with van der Waals surface area (Å²) in [7, 11) is 0. The molecule has 0 rings (SSSR count). The summed E-state index contributed by atoms with van der Waals surface area (Å²) >= 11 is 0. The van der Waals surface area contributed by atoms with Gasteiger partial charge in [0, 0.05) is 37.2 Å². The van der Waals surface area contributed by atoms with E-state index in [1.54, 1.807) is 0 Å². The van der Waals surface area contributed by atoms with E-state index >= 15 is 0 Å². The average Bonchev–Trinajstić information content (AvgIpc) is 0.918. The summed E-state index contributed by atoms with van der Waals surface area (Å²) in [5.74, 6) is 0. The van der Waals surface area contributed by atoms with E-state index in [0.717, 1.165) is 0 Å². The van der Waals surface area contributed by atoms with Crippen molar-refractivity contribution in [3.05, 3.63) is 0 Å². The maximum atomic E-state index is 8.36. The van der Waals surface area contributed by atoms with Crippen LogP contribution in [0.4, 0.5) is 0 Å². The largest absolute Gasteiger partial charge is 0.483 e. The molecule has 0 aromatic heterocycles. The molecule has 0 bridgehead atoms. The van der Waals surface area contributed by atoms with Crippen LogP contribution in [-0.2, 0) is 42.0 Å². The molecule has 0 aromatic rings. The van der Waals surface area contributed by atoms with E-state index in [1.807, 2.05) is 0 Å². The zero-order valence-electron chi connectivity index (χ0n) is 2.79. The number of hydrogen-bond acceptors (Lipinski definition) is 1. The molecule has 0 saturated carbocycles. The van der Waals surface area contributed by atoms with Crippen molar-refractivity contribution in [2.45, 2.75) is 0 Å². The number of rotatable bonds is 0. The standard InChI is InChI=1S/CH2O2.Co.H3P.Pd/c2-1-3;;;/h1H,(H,2,3);;1H3;. The molecule has 0 aliphatic heterocycles. The fraction of sp³-hybridized carbons (Fsp3) is 0. The van der Waals surface area contributed by atoms with Gasteiger partial charge in [-0.1, -0.05) is 0 Å². The zero-order valence-corrected chi connectivity index (χ0v) is 6.80. The summed E-state index contributed by atoms with van der Waals surface area (Å²) in [6, 6.07) is 0. The molecule has 2 nitrogen and oxygen atoms in total. The van der Waals surface area contributed by atoms with Crippen LogP contribution in [0.25, 0.3) is 0 Å². The SMILES string of the molecule is O=CO.P.[Co].[Pd]. The molecule has 0 aliphatic rings. The van der Waals surface area contributed by atoms with Gasteiger partial charge < -0.3 is 5.11 Å². The van der Waals surface area contributed by atoms with Crippen molar-refractivity contribution >= 4 is 16.4 Å². The van der Waals surface area contributed by atoms with Gasteiger partial charge in [0.15, 0.2) is 0 Å². The Kier molecular flexibility index (Phi) is 168. The maximum Gasteiger partial charge on any atom is 0.290 e. The van der Waals surface area contributed by atoms with E-state index in [9.17, 15) is 0 Å². The Morgan fingerprint density at radius 3 is 1.50 bits per heavy atom. The zero-order chi connectivity index (χ0) is 2.71. The molecule has 1 unspecified atom stereocenters. The number of hydrogen-bond donors (Lipinski definition) is 1. The Labute approximate surface area is 63.5 Å². The van der Waals surface area contributed by atoms with Crippen LogP contribution in [-0.4, -0.2) is 11.6 Å². The van der Waals surface area contributed by atoms with Gasteiger partial charge >= 0.3 is 0 Å². The Hall–Kier alpha value is 1.07. The smallest absolute Gasteiger partial charge is 0.290 e. The van der Waals surface area contributed by atoms with Crippen LogP contribution in [0, 0.1) is 0 Å². The van der Waals surface area contributed by atoms with Crippen LogP contribution >= 0.6 is 9.90 Å². The maximum absolute atomic E-state index is 8.36. The van der Waals surface area contributed by atoms with E-state index in [-0.39, 0.29) is 53.6 Å². The topological polar surface area (TPSA) is 37.3 Å². The molecule has 0 heterocycles. The molecular weight excluding hydrogens is 240 g/mol. The van der Waals surface area contributed by atoms with Gasteiger partial charge in [-0.3, -0.25) is 4.79 Å². The van der Waals surface area contributed by atoms with Crippen molar-refractivity contribution in [3.63, 3.8) is 0 Å². The molecule has 0 saturated heterocycles. The van der Waals surface area contributed by atoms with E-state index in [2.05, 4.69) is 0 Å². The predicted octanol–water partition coefficient (Wildman–Crippen LogP) is -0.246. The van der Waals surface area contributed by atoms with Crippen LogP contribution < -0.4 is 0 Å². The minimum Gasteiger partial charge on any atom is -0.483 e. The summed E-state index contributed by atoms with van der Waals surface area (Å²) in [6.07, 6.45) is 0. The Morgan fingerprint density at radius 2 is 1.50 bits per heavy atom. The summed E-state index contributed by atoms with van der Waals surface area (Å²) in [5.41, 5.74) is 0. The van der Waals surface area contributed by atoms with Gasteiger partial charge in [-0.2, -0.15) is 9.90 Å². The van der Waals surface area contributed by atoms with Crippen LogP contribution in [0.5, 0.6) is 0 Å². The molecule has 0 fully saturated rings. The minimum absolute atomic E-state index is 0. The molecule has 0 aromatic carbocycles. The monoisotopic (exact) mass is 245 g/mol. The Morgan fingerprint density at radius 1 is 1.50 bits per heavy atom. The summed E-state index contributed by atoms with van der Waals surface area (Å²) in [5, 5.41) is 6.89. The molecule has 1 N–H and O–H groups in total. The van der Waals surface area contributed by atoms with Crippen molar-refractivity contribution in [2.24, 2.45) is 0 Å². The second kappa shape index (κ2) is 36.4. The second-order valence-corrected chi connectivity index (χ2v) is 0.105. The van der Waals surface area contributed by atoms with Crippen molar-refractivity contribution in [1.29, 1.82) is 0 Å². The van der Waals surface area contributed by atoms with Crippen LogP contribution in [0.3, 0.4) is 0 Å². The Bertz CT molecular complexity index is 21.0. The molecule has 1 atom stereocenters. The van der Waals surface area contributed by atoms with Gasteiger partial charge in [0.25, 0.3) is 6.47 Å². The van der Waals surface area contributed by atoms with Gasteiger partial charge in [-0.25, -0.2) is 0 Å². The van der Waals surface area contributed by atoms with Gasteiger partial charge in [0.05, 0.1) is 0 Å². The summed E-state index contributed by atoms with van der Waals surface area (Å²) in [4.78, 5) is 8.36. The first-order chi connectivity index (χ1) is 1.41. The average molecular weight is 245 g/mol. The molecule has 6 heavy (non-hydrogen) atoms. The van der Waals surface area contributed by atoms with Crippen molar-refractivity contribution < 1.29 is 47.1 Å². The third-order valence-electron chi connectivity index (χ3n) is 0. The van der Waals surface area contributed by atoms with Crippen molar-refractivity contribution in [3.8, 4) is 0 Å². The molecule has 45 valence electrons. The normalized spacial score (nSPS) is 2.00. The quantitative estimate of drug-likeness (QED) is 0.363. The third-order valence-corrected chi connectivity index (χ3v) is 0. The first kappa shape index (κ1) is 27.6. The first-order valence-electron chi connectivity index (χ1n) is 0.494. The van der Waals surface area contributed by atoms with E-state index in [4.69, 9.17) is 9.90 Å². The summed E-state index contributed by atoms with van der Waals surface area (Å²) < 4.78 is 0.